The molecule has 1 aromatic heterocycles. The van der Waals surface area contributed by atoms with Crippen molar-refractivity contribution in [2.24, 2.45) is 7.05 Å². The zero-order valence-corrected chi connectivity index (χ0v) is 11.8. The van der Waals surface area contributed by atoms with E-state index in [4.69, 9.17) is 4.74 Å². The van der Waals surface area contributed by atoms with Crippen LogP contribution >= 0.6 is 0 Å². The van der Waals surface area contributed by atoms with Crippen LogP contribution in [0, 0.1) is 6.92 Å². The molecule has 0 fully saturated rings. The van der Waals surface area contributed by atoms with Gasteiger partial charge in [-0.15, -0.1) is 0 Å². The second-order valence-electron chi connectivity index (χ2n) is 5.27. The van der Waals surface area contributed by atoms with Gasteiger partial charge in [-0.05, 0) is 30.5 Å². The fourth-order valence-corrected chi connectivity index (χ4v) is 2.66. The Morgan fingerprint density at radius 1 is 1.45 bits per heavy atom. The summed E-state index contributed by atoms with van der Waals surface area (Å²) < 4.78 is 7.18. The summed E-state index contributed by atoms with van der Waals surface area (Å²) in [5, 5.41) is 4.21. The van der Waals surface area contributed by atoms with Gasteiger partial charge in [0.15, 0.2) is 5.78 Å². The van der Waals surface area contributed by atoms with E-state index >= 15 is 0 Å². The Balaban J connectivity index is 1.67. The highest BCUT2D eigenvalue weighted by atomic mass is 16.5. The number of hydrogen-bond donors (Lipinski definition) is 0. The first kappa shape index (κ1) is 12.9. The number of carbonyl (C=O) groups excluding carboxylic acids is 1. The number of carbonyl (C=O) groups is 1. The summed E-state index contributed by atoms with van der Waals surface area (Å²) in [6.45, 7) is 2.65. The van der Waals surface area contributed by atoms with Crippen LogP contribution < -0.4 is 4.74 Å². The number of nitrogens with zero attached hydrogens (tertiary/aromatic N) is 2. The predicted octanol–water partition coefficient (Wildman–Crippen LogP) is 2.48. The van der Waals surface area contributed by atoms with Crippen LogP contribution in [0.15, 0.2) is 24.4 Å². The van der Waals surface area contributed by atoms with Crippen LogP contribution in [-0.2, 0) is 19.9 Å². The van der Waals surface area contributed by atoms with Gasteiger partial charge in [-0.25, -0.2) is 0 Å². The van der Waals surface area contributed by atoms with Gasteiger partial charge in [0.05, 0.1) is 17.9 Å². The summed E-state index contributed by atoms with van der Waals surface area (Å²) in [7, 11) is 1.84. The quantitative estimate of drug-likeness (QED) is 0.802. The van der Waals surface area contributed by atoms with Gasteiger partial charge in [0, 0.05) is 26.1 Å². The molecule has 104 valence electrons. The normalized spacial score (nSPS) is 13.1. The molecule has 1 aromatic carbocycles. The summed E-state index contributed by atoms with van der Waals surface area (Å²) in [6.07, 6.45) is 4.06. The molecule has 0 spiro atoms. The van der Waals surface area contributed by atoms with Gasteiger partial charge in [0.2, 0.25) is 0 Å². The monoisotopic (exact) mass is 270 g/mol. The van der Waals surface area contributed by atoms with Gasteiger partial charge in [0.1, 0.15) is 5.75 Å². The lowest BCUT2D eigenvalue weighted by atomic mass is 10.0. The minimum Gasteiger partial charge on any atom is -0.493 e. The lowest BCUT2D eigenvalue weighted by molar-refractivity contribution is 0.0982. The second kappa shape index (κ2) is 5.12. The molecule has 0 bridgehead atoms. The molecule has 4 nitrogen and oxygen atoms in total. The van der Waals surface area contributed by atoms with Gasteiger partial charge in [-0.2, -0.15) is 5.10 Å². The number of ketones is 1. The molecule has 3 rings (SSSR count). The Morgan fingerprint density at radius 3 is 3.05 bits per heavy atom. The van der Waals surface area contributed by atoms with Gasteiger partial charge in [0.25, 0.3) is 0 Å². The molecule has 0 N–H and O–H groups in total. The zero-order valence-electron chi connectivity index (χ0n) is 11.8. The fraction of sp³-hybridized carbons (Fsp3) is 0.375. The molecule has 4 heteroatoms. The van der Waals surface area contributed by atoms with Crippen molar-refractivity contribution in [1.29, 1.82) is 0 Å². The maximum Gasteiger partial charge on any atom is 0.166 e. The SMILES string of the molecule is Cc1nn(C)cc1C(=O)CCc1ccc2c(c1)CCO2. The maximum absolute atomic E-state index is 12.2. The highest BCUT2D eigenvalue weighted by molar-refractivity contribution is 5.96. The molecule has 0 atom stereocenters. The average Bonchev–Trinajstić information content (AvgIpc) is 3.01. The highest BCUT2D eigenvalue weighted by Crippen LogP contribution is 2.26. The lowest BCUT2D eigenvalue weighted by Crippen LogP contribution is -2.02. The number of ether oxygens (including phenoxy) is 1. The van der Waals surface area contributed by atoms with Gasteiger partial charge >= 0.3 is 0 Å². The van der Waals surface area contributed by atoms with Crippen LogP contribution in [0.1, 0.15) is 33.6 Å². The Morgan fingerprint density at radius 2 is 2.30 bits per heavy atom. The van der Waals surface area contributed by atoms with Crippen LogP contribution in [0.3, 0.4) is 0 Å². The molecule has 2 heterocycles. The molecule has 1 aliphatic heterocycles. The molecular formula is C16H18N2O2. The summed E-state index contributed by atoms with van der Waals surface area (Å²) in [5.41, 5.74) is 3.99. The van der Waals surface area contributed by atoms with Crippen molar-refractivity contribution in [3.8, 4) is 5.75 Å². The van der Waals surface area contributed by atoms with Crippen molar-refractivity contribution < 1.29 is 9.53 Å². The second-order valence-corrected chi connectivity index (χ2v) is 5.27. The smallest absolute Gasteiger partial charge is 0.166 e. The number of fused-ring (bicyclic) bond motifs is 1. The summed E-state index contributed by atoms with van der Waals surface area (Å²) in [4.78, 5) is 12.2. The number of aryl methyl sites for hydroxylation is 3. The minimum atomic E-state index is 0.160. The molecular weight excluding hydrogens is 252 g/mol. The van der Waals surface area contributed by atoms with Crippen molar-refractivity contribution in [2.75, 3.05) is 6.61 Å². The molecule has 0 aliphatic carbocycles. The number of hydrogen-bond acceptors (Lipinski definition) is 3. The Labute approximate surface area is 118 Å². The fourth-order valence-electron chi connectivity index (χ4n) is 2.66. The Bertz CT molecular complexity index is 658. The number of rotatable bonds is 4. The van der Waals surface area contributed by atoms with E-state index in [1.165, 1.54) is 11.1 Å². The molecule has 0 unspecified atom stereocenters. The molecule has 20 heavy (non-hydrogen) atoms. The van der Waals surface area contributed by atoms with Crippen LogP contribution in [0.2, 0.25) is 0 Å². The topological polar surface area (TPSA) is 44.1 Å². The van der Waals surface area contributed by atoms with Gasteiger partial charge in [-0.1, -0.05) is 12.1 Å². The molecule has 0 amide bonds. The van der Waals surface area contributed by atoms with Gasteiger partial charge < -0.3 is 4.74 Å². The third-order valence-corrected chi connectivity index (χ3v) is 3.71. The van der Waals surface area contributed by atoms with E-state index in [1.54, 1.807) is 10.9 Å². The van der Waals surface area contributed by atoms with E-state index in [2.05, 4.69) is 11.2 Å². The van der Waals surface area contributed by atoms with E-state index in [1.807, 2.05) is 26.1 Å². The van der Waals surface area contributed by atoms with Crippen molar-refractivity contribution in [2.45, 2.75) is 26.2 Å². The molecule has 0 saturated heterocycles. The number of benzene rings is 1. The molecule has 1 aliphatic rings. The van der Waals surface area contributed by atoms with Crippen molar-refractivity contribution in [3.63, 3.8) is 0 Å². The van der Waals surface area contributed by atoms with Gasteiger partial charge in [-0.3, -0.25) is 9.48 Å². The molecule has 0 radical (unpaired) electrons. The molecule has 0 saturated carbocycles. The Hall–Kier alpha value is -2.10. The van der Waals surface area contributed by atoms with Crippen molar-refractivity contribution in [3.05, 3.63) is 46.8 Å². The van der Waals surface area contributed by atoms with Crippen molar-refractivity contribution in [1.82, 2.24) is 9.78 Å². The standard InChI is InChI=1S/C16H18N2O2/c1-11-14(10-18(2)17-11)15(19)5-3-12-4-6-16-13(9-12)7-8-20-16/h4,6,9-10H,3,5,7-8H2,1-2H3. The van der Waals surface area contributed by atoms with Crippen LogP contribution in [0.25, 0.3) is 0 Å². The minimum absolute atomic E-state index is 0.160. The summed E-state index contributed by atoms with van der Waals surface area (Å²) in [6, 6.07) is 6.22. The Kier molecular flexibility index (Phi) is 3.30. The summed E-state index contributed by atoms with van der Waals surface area (Å²) in [5.74, 6) is 1.15. The lowest BCUT2D eigenvalue weighted by Gasteiger charge is -2.04. The highest BCUT2D eigenvalue weighted by Gasteiger charge is 2.15. The van der Waals surface area contributed by atoms with Crippen LogP contribution in [0.4, 0.5) is 0 Å². The predicted molar refractivity (Wildman–Crippen MR) is 76.2 cm³/mol. The van der Waals surface area contributed by atoms with E-state index in [9.17, 15) is 4.79 Å². The number of Topliss-reactive ketones (excluding diaryl/α,β-unsaturated/α-hetero) is 1. The average molecular weight is 270 g/mol. The first-order chi connectivity index (χ1) is 9.63. The van der Waals surface area contributed by atoms with E-state index < -0.39 is 0 Å². The van der Waals surface area contributed by atoms with Crippen LogP contribution in [0.5, 0.6) is 5.75 Å². The van der Waals surface area contributed by atoms with E-state index in [0.717, 1.165) is 36.5 Å². The van der Waals surface area contributed by atoms with Crippen LogP contribution in [-0.4, -0.2) is 22.2 Å². The maximum atomic E-state index is 12.2. The first-order valence-corrected chi connectivity index (χ1v) is 6.91. The third-order valence-electron chi connectivity index (χ3n) is 3.71. The van der Waals surface area contributed by atoms with E-state index in [0.29, 0.717) is 6.42 Å². The third kappa shape index (κ3) is 2.46. The first-order valence-electron chi connectivity index (χ1n) is 6.91. The van der Waals surface area contributed by atoms with E-state index in [-0.39, 0.29) is 5.78 Å². The summed E-state index contributed by atoms with van der Waals surface area (Å²) >= 11 is 0. The largest absolute Gasteiger partial charge is 0.493 e. The zero-order chi connectivity index (χ0) is 14.1. The molecule has 2 aromatic rings. The number of aromatic nitrogens is 2. The van der Waals surface area contributed by atoms with Crippen molar-refractivity contribution >= 4 is 5.78 Å².